The molecule has 1 aliphatic rings. The summed E-state index contributed by atoms with van der Waals surface area (Å²) in [5.41, 5.74) is 0. The lowest BCUT2D eigenvalue weighted by atomic mass is 10.2. The van der Waals surface area contributed by atoms with E-state index < -0.39 is 6.10 Å². The van der Waals surface area contributed by atoms with Crippen LogP contribution in [0.25, 0.3) is 0 Å². The normalized spacial score (nSPS) is 17.0. The fourth-order valence-corrected chi connectivity index (χ4v) is 2.90. The summed E-state index contributed by atoms with van der Waals surface area (Å²) in [5, 5.41) is 3.71. The number of hydrogen-bond donors (Lipinski definition) is 1. The van der Waals surface area contributed by atoms with Gasteiger partial charge in [-0.3, -0.25) is 9.59 Å². The van der Waals surface area contributed by atoms with Crippen molar-refractivity contribution in [3.05, 3.63) is 28.2 Å². The summed E-state index contributed by atoms with van der Waals surface area (Å²) in [6.07, 6.45) is 0.772. The van der Waals surface area contributed by atoms with Crippen molar-refractivity contribution in [2.75, 3.05) is 13.1 Å². The van der Waals surface area contributed by atoms with Gasteiger partial charge in [0.2, 0.25) is 5.91 Å². The quantitative estimate of drug-likeness (QED) is 0.850. The Hall–Kier alpha value is -1.46. The molecule has 0 aromatic heterocycles. The summed E-state index contributed by atoms with van der Waals surface area (Å²) in [6.45, 7) is 4.78. The first-order valence-electron chi connectivity index (χ1n) is 7.56. The molecule has 1 aromatic rings. The number of nitrogens with one attached hydrogen (secondary N) is 1. The molecule has 2 unspecified atom stereocenters. The Morgan fingerprint density at radius 2 is 2.13 bits per heavy atom. The van der Waals surface area contributed by atoms with Crippen molar-refractivity contribution in [3.63, 3.8) is 0 Å². The number of ether oxygens (including phenoxy) is 1. The molecule has 0 saturated carbocycles. The lowest BCUT2D eigenvalue weighted by Crippen LogP contribution is -2.46. The predicted octanol–water partition coefficient (Wildman–Crippen LogP) is 2.89. The number of likely N-dealkylation sites (tertiary alicyclic amines) is 1. The van der Waals surface area contributed by atoms with Gasteiger partial charge in [0.25, 0.3) is 5.91 Å². The molecule has 1 N–H and O–H groups in total. The first-order chi connectivity index (χ1) is 10.9. The lowest BCUT2D eigenvalue weighted by molar-refractivity contribution is -0.130. The van der Waals surface area contributed by atoms with E-state index in [1.807, 2.05) is 6.92 Å². The summed E-state index contributed by atoms with van der Waals surface area (Å²) in [6, 6.07) is 4.69. The van der Waals surface area contributed by atoms with Gasteiger partial charge in [-0.25, -0.2) is 0 Å². The molecule has 0 bridgehead atoms. The predicted molar refractivity (Wildman–Crippen MR) is 90.0 cm³/mol. The zero-order valence-corrected chi connectivity index (χ0v) is 14.7. The molecule has 1 saturated heterocycles. The van der Waals surface area contributed by atoms with E-state index in [2.05, 4.69) is 5.32 Å². The second-order valence-electron chi connectivity index (χ2n) is 5.69. The number of rotatable bonds is 6. The maximum absolute atomic E-state index is 12.2. The summed E-state index contributed by atoms with van der Waals surface area (Å²) < 4.78 is 5.57. The van der Waals surface area contributed by atoms with Crippen LogP contribution in [0.4, 0.5) is 0 Å². The van der Waals surface area contributed by atoms with E-state index in [-0.39, 0.29) is 17.9 Å². The molecule has 1 aromatic carbocycles. The molecule has 2 rings (SSSR count). The Bertz CT molecular complexity index is 595. The fourth-order valence-electron chi connectivity index (χ4n) is 2.45. The van der Waals surface area contributed by atoms with Crippen LogP contribution in [0.15, 0.2) is 18.2 Å². The van der Waals surface area contributed by atoms with Gasteiger partial charge in [-0.15, -0.1) is 0 Å². The van der Waals surface area contributed by atoms with Crippen LogP contribution in [0.5, 0.6) is 5.75 Å². The highest BCUT2D eigenvalue weighted by Gasteiger charge is 2.24. The van der Waals surface area contributed by atoms with Gasteiger partial charge >= 0.3 is 0 Å². The van der Waals surface area contributed by atoms with Crippen molar-refractivity contribution in [1.29, 1.82) is 0 Å². The van der Waals surface area contributed by atoms with Gasteiger partial charge in [-0.05, 0) is 38.5 Å². The van der Waals surface area contributed by atoms with Crippen molar-refractivity contribution in [3.8, 4) is 5.75 Å². The van der Waals surface area contributed by atoms with Crippen molar-refractivity contribution in [1.82, 2.24) is 10.2 Å². The van der Waals surface area contributed by atoms with Crippen molar-refractivity contribution in [2.24, 2.45) is 0 Å². The first-order valence-corrected chi connectivity index (χ1v) is 8.32. The van der Waals surface area contributed by atoms with Crippen LogP contribution in [-0.2, 0) is 9.59 Å². The Kier molecular flexibility index (Phi) is 6.13. The maximum atomic E-state index is 12.2. The highest BCUT2D eigenvalue weighted by molar-refractivity contribution is 6.35. The Labute approximate surface area is 145 Å². The molecule has 0 aliphatic carbocycles. The highest BCUT2D eigenvalue weighted by Crippen LogP contribution is 2.28. The average Bonchev–Trinajstić information content (AvgIpc) is 2.87. The Morgan fingerprint density at radius 1 is 1.39 bits per heavy atom. The van der Waals surface area contributed by atoms with Gasteiger partial charge in [-0.2, -0.15) is 0 Å². The van der Waals surface area contributed by atoms with Gasteiger partial charge in [0.05, 0.1) is 5.02 Å². The average molecular weight is 359 g/mol. The summed E-state index contributed by atoms with van der Waals surface area (Å²) in [4.78, 5) is 25.6. The van der Waals surface area contributed by atoms with E-state index >= 15 is 0 Å². The van der Waals surface area contributed by atoms with Crippen LogP contribution < -0.4 is 10.1 Å². The summed E-state index contributed by atoms with van der Waals surface area (Å²) >= 11 is 11.9. The van der Waals surface area contributed by atoms with Crippen LogP contribution in [0.3, 0.4) is 0 Å². The number of nitrogens with zero attached hydrogens (tertiary/aromatic N) is 1. The maximum Gasteiger partial charge on any atom is 0.261 e. The van der Waals surface area contributed by atoms with Gasteiger partial charge < -0.3 is 15.0 Å². The van der Waals surface area contributed by atoms with Gasteiger partial charge in [0, 0.05) is 30.6 Å². The molecule has 126 valence electrons. The van der Waals surface area contributed by atoms with E-state index in [4.69, 9.17) is 27.9 Å². The molecule has 1 fully saturated rings. The zero-order chi connectivity index (χ0) is 17.0. The van der Waals surface area contributed by atoms with E-state index in [0.717, 1.165) is 13.0 Å². The summed E-state index contributed by atoms with van der Waals surface area (Å²) in [7, 11) is 0. The third kappa shape index (κ3) is 5.01. The molecule has 2 amide bonds. The van der Waals surface area contributed by atoms with Crippen molar-refractivity contribution < 1.29 is 14.3 Å². The summed E-state index contributed by atoms with van der Waals surface area (Å²) in [5.74, 6) is 0.291. The number of hydrogen-bond acceptors (Lipinski definition) is 3. The Morgan fingerprint density at radius 3 is 2.74 bits per heavy atom. The van der Waals surface area contributed by atoms with Gasteiger partial charge in [-0.1, -0.05) is 23.2 Å². The molecule has 1 heterocycles. The van der Waals surface area contributed by atoms with E-state index in [0.29, 0.717) is 28.8 Å². The van der Waals surface area contributed by atoms with Crippen LogP contribution in [0.1, 0.15) is 26.7 Å². The molecule has 5 nitrogen and oxygen atoms in total. The minimum Gasteiger partial charge on any atom is -0.479 e. The van der Waals surface area contributed by atoms with E-state index in [1.165, 1.54) is 0 Å². The van der Waals surface area contributed by atoms with Crippen LogP contribution in [0.2, 0.25) is 10.0 Å². The molecule has 23 heavy (non-hydrogen) atoms. The van der Waals surface area contributed by atoms with Gasteiger partial charge in [0.15, 0.2) is 6.10 Å². The van der Waals surface area contributed by atoms with Crippen LogP contribution in [0, 0.1) is 0 Å². The largest absolute Gasteiger partial charge is 0.479 e. The number of carbonyl (C=O) groups excluding carboxylic acids is 2. The molecule has 2 atom stereocenters. The second-order valence-corrected chi connectivity index (χ2v) is 6.53. The standard InChI is InChI=1S/C16H20Cl2N2O3/c1-10(9-20-7-3-4-15(20)21)19-16(22)11(2)23-14-6-5-12(17)8-13(14)18/h5-6,8,10-11H,3-4,7,9H2,1-2H3,(H,19,22). The molecular formula is C16H20Cl2N2O3. The zero-order valence-electron chi connectivity index (χ0n) is 13.1. The molecule has 1 aliphatic heterocycles. The lowest BCUT2D eigenvalue weighted by Gasteiger charge is -2.23. The fraction of sp³-hybridized carbons (Fsp3) is 0.500. The molecule has 7 heteroatoms. The number of benzene rings is 1. The van der Waals surface area contributed by atoms with E-state index in [9.17, 15) is 9.59 Å². The molecular weight excluding hydrogens is 339 g/mol. The number of halogens is 2. The SMILES string of the molecule is CC(CN1CCCC1=O)NC(=O)C(C)Oc1ccc(Cl)cc1Cl. The first kappa shape index (κ1) is 17.9. The van der Waals surface area contributed by atoms with Crippen LogP contribution in [-0.4, -0.2) is 41.9 Å². The monoisotopic (exact) mass is 358 g/mol. The topological polar surface area (TPSA) is 58.6 Å². The number of carbonyl (C=O) groups is 2. The number of amides is 2. The third-order valence-electron chi connectivity index (χ3n) is 3.62. The van der Waals surface area contributed by atoms with Crippen molar-refractivity contribution >= 4 is 35.0 Å². The molecule has 0 radical (unpaired) electrons. The second kappa shape index (κ2) is 7.88. The molecule has 0 spiro atoms. The van der Waals surface area contributed by atoms with Crippen LogP contribution >= 0.6 is 23.2 Å². The minimum absolute atomic E-state index is 0.142. The van der Waals surface area contributed by atoms with Crippen molar-refractivity contribution in [2.45, 2.75) is 38.8 Å². The smallest absolute Gasteiger partial charge is 0.261 e. The Balaban J connectivity index is 1.85. The minimum atomic E-state index is -0.703. The van der Waals surface area contributed by atoms with Gasteiger partial charge in [0.1, 0.15) is 5.75 Å². The highest BCUT2D eigenvalue weighted by atomic mass is 35.5. The third-order valence-corrected chi connectivity index (χ3v) is 4.15. The van der Waals surface area contributed by atoms with E-state index in [1.54, 1.807) is 30.0 Å².